The Kier molecular flexibility index (Phi) is 5.96. The monoisotopic (exact) mass is 239 g/mol. The first kappa shape index (κ1) is 13.1. The third-order valence-corrected chi connectivity index (χ3v) is 2.98. The van der Waals surface area contributed by atoms with Gasteiger partial charge >= 0.3 is 0 Å². The molecule has 3 nitrogen and oxygen atoms in total. The average Bonchev–Trinajstić information content (AvgIpc) is 2.30. The summed E-state index contributed by atoms with van der Waals surface area (Å²) in [6.07, 6.45) is 0. The highest BCUT2D eigenvalue weighted by Crippen LogP contribution is 2.21. The van der Waals surface area contributed by atoms with Crippen LogP contribution in [0.3, 0.4) is 0 Å². The van der Waals surface area contributed by atoms with E-state index in [1.165, 1.54) is 0 Å². The molecule has 0 aliphatic heterocycles. The zero-order valence-electron chi connectivity index (χ0n) is 9.66. The van der Waals surface area contributed by atoms with Gasteiger partial charge in [-0.2, -0.15) is 0 Å². The summed E-state index contributed by atoms with van der Waals surface area (Å²) in [6, 6.07) is 7.65. The van der Waals surface area contributed by atoms with Crippen LogP contribution in [0.2, 0.25) is 0 Å². The lowest BCUT2D eigenvalue weighted by molar-refractivity contribution is 0.0934. The van der Waals surface area contributed by atoms with Gasteiger partial charge in [-0.25, -0.2) is 0 Å². The Hall–Kier alpha value is -1.00. The standard InChI is InChI=1S/C12H17NO2S/c1-3-16-11-7-5-4-6-10(11)12(14)13-8-9-15-2/h4-7H,3,8-9H2,1-2H3,(H,13,14). The van der Waals surface area contributed by atoms with Crippen molar-refractivity contribution in [1.82, 2.24) is 5.32 Å². The smallest absolute Gasteiger partial charge is 0.252 e. The van der Waals surface area contributed by atoms with Crippen molar-refractivity contribution in [2.75, 3.05) is 26.0 Å². The molecule has 0 fully saturated rings. The SMILES string of the molecule is CCSc1ccccc1C(=O)NCCOC. The summed E-state index contributed by atoms with van der Waals surface area (Å²) in [5.74, 6) is 0.927. The van der Waals surface area contributed by atoms with Crippen molar-refractivity contribution in [1.29, 1.82) is 0 Å². The van der Waals surface area contributed by atoms with Crippen molar-refractivity contribution in [2.24, 2.45) is 0 Å². The zero-order valence-corrected chi connectivity index (χ0v) is 10.5. The number of methoxy groups -OCH3 is 1. The summed E-state index contributed by atoms with van der Waals surface area (Å²) in [6.45, 7) is 3.15. The van der Waals surface area contributed by atoms with Gasteiger partial charge in [-0.1, -0.05) is 19.1 Å². The van der Waals surface area contributed by atoms with Crippen LogP contribution in [-0.4, -0.2) is 31.9 Å². The molecular weight excluding hydrogens is 222 g/mol. The predicted molar refractivity (Wildman–Crippen MR) is 67.0 cm³/mol. The Morgan fingerprint density at radius 1 is 1.44 bits per heavy atom. The number of hydrogen-bond donors (Lipinski definition) is 1. The maximum atomic E-state index is 11.8. The molecule has 0 aliphatic carbocycles. The van der Waals surface area contributed by atoms with Crippen LogP contribution < -0.4 is 5.32 Å². The second-order valence-corrected chi connectivity index (χ2v) is 4.48. The van der Waals surface area contributed by atoms with E-state index >= 15 is 0 Å². The van der Waals surface area contributed by atoms with Crippen LogP contribution in [-0.2, 0) is 4.74 Å². The Balaban J connectivity index is 2.66. The van der Waals surface area contributed by atoms with E-state index in [0.29, 0.717) is 13.2 Å². The molecular formula is C12H17NO2S. The Labute approximate surface area is 101 Å². The van der Waals surface area contributed by atoms with Crippen LogP contribution >= 0.6 is 11.8 Å². The highest BCUT2D eigenvalue weighted by Gasteiger charge is 2.09. The van der Waals surface area contributed by atoms with Crippen molar-refractivity contribution in [2.45, 2.75) is 11.8 Å². The van der Waals surface area contributed by atoms with Gasteiger partial charge in [-0.15, -0.1) is 11.8 Å². The van der Waals surface area contributed by atoms with E-state index in [0.717, 1.165) is 16.2 Å². The van der Waals surface area contributed by atoms with Crippen molar-refractivity contribution >= 4 is 17.7 Å². The predicted octanol–water partition coefficient (Wildman–Crippen LogP) is 2.17. The molecule has 0 aliphatic rings. The summed E-state index contributed by atoms with van der Waals surface area (Å²) < 4.78 is 4.89. The summed E-state index contributed by atoms with van der Waals surface area (Å²) in [5.41, 5.74) is 0.741. The third kappa shape index (κ3) is 3.87. The Morgan fingerprint density at radius 3 is 2.88 bits per heavy atom. The molecule has 16 heavy (non-hydrogen) atoms. The van der Waals surface area contributed by atoms with E-state index in [4.69, 9.17) is 4.74 Å². The van der Waals surface area contributed by atoms with E-state index in [-0.39, 0.29) is 5.91 Å². The van der Waals surface area contributed by atoms with E-state index in [1.807, 2.05) is 24.3 Å². The molecule has 4 heteroatoms. The van der Waals surface area contributed by atoms with Crippen LogP contribution in [0.4, 0.5) is 0 Å². The van der Waals surface area contributed by atoms with E-state index in [9.17, 15) is 4.79 Å². The minimum Gasteiger partial charge on any atom is -0.383 e. The minimum absolute atomic E-state index is 0.0337. The van der Waals surface area contributed by atoms with Crippen LogP contribution in [0.15, 0.2) is 29.2 Å². The van der Waals surface area contributed by atoms with Crippen LogP contribution in [0.5, 0.6) is 0 Å². The quantitative estimate of drug-likeness (QED) is 0.611. The van der Waals surface area contributed by atoms with E-state index in [2.05, 4.69) is 12.2 Å². The minimum atomic E-state index is -0.0337. The Morgan fingerprint density at radius 2 is 2.19 bits per heavy atom. The summed E-state index contributed by atoms with van der Waals surface area (Å²) >= 11 is 1.68. The highest BCUT2D eigenvalue weighted by atomic mass is 32.2. The van der Waals surface area contributed by atoms with Gasteiger partial charge in [-0.05, 0) is 17.9 Å². The van der Waals surface area contributed by atoms with Gasteiger partial charge in [-0.3, -0.25) is 4.79 Å². The average molecular weight is 239 g/mol. The van der Waals surface area contributed by atoms with Crippen LogP contribution in [0, 0.1) is 0 Å². The van der Waals surface area contributed by atoms with Gasteiger partial charge < -0.3 is 10.1 Å². The lowest BCUT2D eigenvalue weighted by atomic mass is 10.2. The summed E-state index contributed by atoms with van der Waals surface area (Å²) in [7, 11) is 1.62. The lowest BCUT2D eigenvalue weighted by Crippen LogP contribution is -2.27. The second kappa shape index (κ2) is 7.30. The van der Waals surface area contributed by atoms with Crippen molar-refractivity contribution in [3.05, 3.63) is 29.8 Å². The van der Waals surface area contributed by atoms with Crippen molar-refractivity contribution in [3.63, 3.8) is 0 Å². The number of carbonyl (C=O) groups is 1. The van der Waals surface area contributed by atoms with Gasteiger partial charge in [0.1, 0.15) is 0 Å². The number of ether oxygens (including phenoxy) is 1. The molecule has 0 atom stereocenters. The first-order chi connectivity index (χ1) is 7.79. The molecule has 0 unspecified atom stereocenters. The molecule has 1 N–H and O–H groups in total. The normalized spacial score (nSPS) is 10.1. The molecule has 1 amide bonds. The molecule has 0 heterocycles. The third-order valence-electron chi connectivity index (χ3n) is 2.02. The first-order valence-electron chi connectivity index (χ1n) is 5.28. The lowest BCUT2D eigenvalue weighted by Gasteiger charge is -2.08. The molecule has 1 aromatic rings. The molecule has 0 aromatic heterocycles. The first-order valence-corrected chi connectivity index (χ1v) is 6.27. The van der Waals surface area contributed by atoms with Crippen LogP contribution in [0.25, 0.3) is 0 Å². The molecule has 1 rings (SSSR count). The van der Waals surface area contributed by atoms with Gasteiger partial charge in [0, 0.05) is 18.6 Å². The number of rotatable bonds is 6. The number of nitrogens with one attached hydrogen (secondary N) is 1. The molecule has 0 radical (unpaired) electrons. The summed E-state index contributed by atoms with van der Waals surface area (Å²) in [4.78, 5) is 12.9. The molecule has 0 bridgehead atoms. The fourth-order valence-electron chi connectivity index (χ4n) is 1.30. The largest absolute Gasteiger partial charge is 0.383 e. The number of hydrogen-bond acceptors (Lipinski definition) is 3. The molecule has 0 saturated heterocycles. The van der Waals surface area contributed by atoms with Crippen LogP contribution in [0.1, 0.15) is 17.3 Å². The number of carbonyl (C=O) groups excluding carboxylic acids is 1. The van der Waals surface area contributed by atoms with Gasteiger partial charge in [0.2, 0.25) is 0 Å². The Bertz CT molecular complexity index is 342. The van der Waals surface area contributed by atoms with Crippen molar-refractivity contribution in [3.8, 4) is 0 Å². The fraction of sp³-hybridized carbons (Fsp3) is 0.417. The zero-order chi connectivity index (χ0) is 11.8. The van der Waals surface area contributed by atoms with Gasteiger partial charge in [0.25, 0.3) is 5.91 Å². The van der Waals surface area contributed by atoms with Crippen molar-refractivity contribution < 1.29 is 9.53 Å². The summed E-state index contributed by atoms with van der Waals surface area (Å²) in [5, 5.41) is 2.82. The molecule has 88 valence electrons. The number of benzene rings is 1. The van der Waals surface area contributed by atoms with E-state index < -0.39 is 0 Å². The van der Waals surface area contributed by atoms with Gasteiger partial charge in [0.15, 0.2) is 0 Å². The number of thioether (sulfide) groups is 1. The maximum absolute atomic E-state index is 11.8. The second-order valence-electron chi connectivity index (χ2n) is 3.18. The molecule has 0 saturated carbocycles. The number of amides is 1. The topological polar surface area (TPSA) is 38.3 Å². The maximum Gasteiger partial charge on any atom is 0.252 e. The molecule has 0 spiro atoms. The highest BCUT2D eigenvalue weighted by molar-refractivity contribution is 7.99. The fourth-order valence-corrected chi connectivity index (χ4v) is 2.10. The van der Waals surface area contributed by atoms with Gasteiger partial charge in [0.05, 0.1) is 12.2 Å². The molecule has 1 aromatic carbocycles. The van der Waals surface area contributed by atoms with E-state index in [1.54, 1.807) is 18.9 Å².